The highest BCUT2D eigenvalue weighted by molar-refractivity contribution is 5.89. The predicted octanol–water partition coefficient (Wildman–Crippen LogP) is 4.29. The van der Waals surface area contributed by atoms with Crippen molar-refractivity contribution in [3.05, 3.63) is 47.8 Å². The Kier molecular flexibility index (Phi) is 3.04. The van der Waals surface area contributed by atoms with Crippen molar-refractivity contribution >= 4 is 16.8 Å². The van der Waals surface area contributed by atoms with Gasteiger partial charge in [-0.25, -0.2) is 0 Å². The smallest absolute Gasteiger partial charge is 0.0707 e. The van der Waals surface area contributed by atoms with Gasteiger partial charge in [0.15, 0.2) is 0 Å². The molecule has 0 aliphatic rings. The summed E-state index contributed by atoms with van der Waals surface area (Å²) < 4.78 is 0. The van der Waals surface area contributed by atoms with E-state index in [9.17, 15) is 0 Å². The van der Waals surface area contributed by atoms with Crippen molar-refractivity contribution in [2.75, 3.05) is 0 Å². The third kappa shape index (κ3) is 2.13. The van der Waals surface area contributed by atoms with E-state index in [1.165, 1.54) is 16.3 Å². The molecule has 0 N–H and O–H groups in total. The highest BCUT2D eigenvalue weighted by Crippen LogP contribution is 2.20. The second kappa shape index (κ2) is 4.48. The van der Waals surface area contributed by atoms with Crippen LogP contribution in [0.1, 0.15) is 26.5 Å². The molecule has 1 aromatic heterocycles. The van der Waals surface area contributed by atoms with E-state index >= 15 is 0 Å². The van der Waals surface area contributed by atoms with Crippen LogP contribution in [0.5, 0.6) is 0 Å². The summed E-state index contributed by atoms with van der Waals surface area (Å²) in [6, 6.07) is 10.4. The van der Waals surface area contributed by atoms with Crippen LogP contribution in [-0.2, 0) is 0 Å². The summed E-state index contributed by atoms with van der Waals surface area (Å²) in [4.78, 5) is 4.45. The topological polar surface area (TPSA) is 12.9 Å². The summed E-state index contributed by atoms with van der Waals surface area (Å²) in [6.45, 7) is 6.57. The fourth-order valence-electron chi connectivity index (χ4n) is 1.64. The van der Waals surface area contributed by atoms with Crippen molar-refractivity contribution in [2.45, 2.75) is 20.8 Å². The maximum atomic E-state index is 4.45. The van der Waals surface area contributed by atoms with Crippen LogP contribution in [0.4, 0.5) is 0 Å². The molecule has 16 heavy (non-hydrogen) atoms. The van der Waals surface area contributed by atoms with Crippen molar-refractivity contribution in [3.63, 3.8) is 0 Å². The second-order valence-electron chi connectivity index (χ2n) is 4.46. The SMILES string of the molecule is C/C(=C/c1nccc2ccccc12)C(C)C. The second-order valence-corrected chi connectivity index (χ2v) is 4.46. The van der Waals surface area contributed by atoms with Crippen molar-refractivity contribution in [1.82, 2.24) is 4.98 Å². The summed E-state index contributed by atoms with van der Waals surface area (Å²) in [5, 5.41) is 2.48. The van der Waals surface area contributed by atoms with E-state index in [1.807, 2.05) is 6.20 Å². The Balaban J connectivity index is 2.57. The fraction of sp³-hybridized carbons (Fsp3) is 0.267. The molecule has 1 nitrogen and oxygen atoms in total. The van der Waals surface area contributed by atoms with Gasteiger partial charge < -0.3 is 0 Å². The Hall–Kier alpha value is -1.63. The molecule has 0 bridgehead atoms. The number of nitrogens with zero attached hydrogens (tertiary/aromatic N) is 1. The normalized spacial score (nSPS) is 12.4. The van der Waals surface area contributed by atoms with Gasteiger partial charge in [-0.1, -0.05) is 43.7 Å². The van der Waals surface area contributed by atoms with E-state index in [0.29, 0.717) is 5.92 Å². The molecule has 0 saturated carbocycles. The number of fused-ring (bicyclic) bond motifs is 1. The van der Waals surface area contributed by atoms with Crippen molar-refractivity contribution < 1.29 is 0 Å². The van der Waals surface area contributed by atoms with Crippen LogP contribution in [0, 0.1) is 5.92 Å². The summed E-state index contributed by atoms with van der Waals surface area (Å²) in [5.74, 6) is 0.570. The summed E-state index contributed by atoms with van der Waals surface area (Å²) in [7, 11) is 0. The standard InChI is InChI=1S/C15H17N/c1-11(2)12(3)10-15-14-7-5-4-6-13(14)8-9-16-15/h4-11H,1-3H3/b12-10-. The molecule has 2 rings (SSSR count). The molecule has 0 unspecified atom stereocenters. The van der Waals surface area contributed by atoms with Gasteiger partial charge in [-0.3, -0.25) is 4.98 Å². The third-order valence-corrected chi connectivity index (χ3v) is 2.98. The van der Waals surface area contributed by atoms with Gasteiger partial charge >= 0.3 is 0 Å². The maximum absolute atomic E-state index is 4.45. The lowest BCUT2D eigenvalue weighted by Gasteiger charge is -2.06. The molecule has 0 amide bonds. The van der Waals surface area contributed by atoms with Gasteiger partial charge in [0.05, 0.1) is 5.69 Å². The molecular formula is C15H17N. The molecule has 0 aliphatic carbocycles. The number of allylic oxidation sites excluding steroid dienone is 1. The summed E-state index contributed by atoms with van der Waals surface area (Å²) in [6.07, 6.45) is 4.06. The van der Waals surface area contributed by atoms with Crippen LogP contribution in [0.15, 0.2) is 42.1 Å². The molecule has 1 heterocycles. The van der Waals surface area contributed by atoms with Gasteiger partial charge in [-0.05, 0) is 30.4 Å². The average Bonchev–Trinajstić information content (AvgIpc) is 2.29. The monoisotopic (exact) mass is 211 g/mol. The van der Waals surface area contributed by atoms with E-state index < -0.39 is 0 Å². The lowest BCUT2D eigenvalue weighted by Crippen LogP contribution is -1.90. The predicted molar refractivity (Wildman–Crippen MR) is 70.2 cm³/mol. The molecule has 0 atom stereocenters. The number of aromatic nitrogens is 1. The molecule has 0 saturated heterocycles. The van der Waals surface area contributed by atoms with Crippen molar-refractivity contribution in [2.24, 2.45) is 5.92 Å². The average molecular weight is 211 g/mol. The minimum atomic E-state index is 0.570. The number of hydrogen-bond acceptors (Lipinski definition) is 1. The molecule has 1 aromatic carbocycles. The van der Waals surface area contributed by atoms with E-state index in [-0.39, 0.29) is 0 Å². The van der Waals surface area contributed by atoms with Gasteiger partial charge in [0.25, 0.3) is 0 Å². The van der Waals surface area contributed by atoms with Crippen LogP contribution in [-0.4, -0.2) is 4.98 Å². The van der Waals surface area contributed by atoms with Gasteiger partial charge in [0.1, 0.15) is 0 Å². The van der Waals surface area contributed by atoms with Crippen molar-refractivity contribution in [3.8, 4) is 0 Å². The zero-order chi connectivity index (χ0) is 11.5. The lowest BCUT2D eigenvalue weighted by atomic mass is 10.0. The Labute approximate surface area is 96.8 Å². The van der Waals surface area contributed by atoms with E-state index in [1.54, 1.807) is 0 Å². The van der Waals surface area contributed by atoms with Gasteiger partial charge in [-0.15, -0.1) is 0 Å². The Morgan fingerprint density at radius 3 is 2.69 bits per heavy atom. The van der Waals surface area contributed by atoms with Crippen LogP contribution in [0.25, 0.3) is 16.8 Å². The molecule has 0 aliphatic heterocycles. The van der Waals surface area contributed by atoms with Gasteiger partial charge in [0, 0.05) is 11.6 Å². The Morgan fingerprint density at radius 2 is 1.94 bits per heavy atom. The van der Waals surface area contributed by atoms with E-state index in [2.05, 4.69) is 62.2 Å². The molecule has 2 aromatic rings. The quantitative estimate of drug-likeness (QED) is 0.722. The lowest BCUT2D eigenvalue weighted by molar-refractivity contribution is 0.775. The number of benzene rings is 1. The van der Waals surface area contributed by atoms with Crippen LogP contribution >= 0.6 is 0 Å². The number of hydrogen-bond donors (Lipinski definition) is 0. The molecular weight excluding hydrogens is 194 g/mol. The first-order chi connectivity index (χ1) is 7.68. The largest absolute Gasteiger partial charge is 0.256 e. The first kappa shape index (κ1) is 10.9. The van der Waals surface area contributed by atoms with Crippen LogP contribution in [0.2, 0.25) is 0 Å². The molecule has 0 fully saturated rings. The third-order valence-electron chi connectivity index (χ3n) is 2.98. The summed E-state index contributed by atoms with van der Waals surface area (Å²) >= 11 is 0. The number of pyridine rings is 1. The van der Waals surface area contributed by atoms with Crippen LogP contribution in [0.3, 0.4) is 0 Å². The highest BCUT2D eigenvalue weighted by atomic mass is 14.7. The molecule has 0 spiro atoms. The number of rotatable bonds is 2. The maximum Gasteiger partial charge on any atom is 0.0707 e. The molecule has 0 radical (unpaired) electrons. The zero-order valence-corrected chi connectivity index (χ0v) is 10.1. The van der Waals surface area contributed by atoms with Crippen LogP contribution < -0.4 is 0 Å². The minimum absolute atomic E-state index is 0.570. The fourth-order valence-corrected chi connectivity index (χ4v) is 1.64. The minimum Gasteiger partial charge on any atom is -0.256 e. The van der Waals surface area contributed by atoms with Gasteiger partial charge in [0.2, 0.25) is 0 Å². The first-order valence-corrected chi connectivity index (χ1v) is 5.70. The zero-order valence-electron chi connectivity index (χ0n) is 10.1. The highest BCUT2D eigenvalue weighted by Gasteiger charge is 2.01. The van der Waals surface area contributed by atoms with Crippen molar-refractivity contribution in [1.29, 1.82) is 0 Å². The van der Waals surface area contributed by atoms with Gasteiger partial charge in [-0.2, -0.15) is 0 Å². The Morgan fingerprint density at radius 1 is 1.19 bits per heavy atom. The van der Waals surface area contributed by atoms with E-state index in [4.69, 9.17) is 0 Å². The van der Waals surface area contributed by atoms with E-state index in [0.717, 1.165) is 5.69 Å². The molecule has 1 heteroatoms. The summed E-state index contributed by atoms with van der Waals surface area (Å²) in [5.41, 5.74) is 2.44. The first-order valence-electron chi connectivity index (χ1n) is 5.70. The molecule has 82 valence electrons. The Bertz CT molecular complexity index is 518.